The zero-order valence-corrected chi connectivity index (χ0v) is 16.3. The summed E-state index contributed by atoms with van der Waals surface area (Å²) in [7, 11) is 0. The standard InChI is InChI=1S/C22H24N2O2S/c1-15(25)18-3-2-4-21(12-18)27-20-7-5-17(6-8-20)22(26)23-19-11-16-9-10-24(13-16)14-19/h2-8,12,16,19H,9-11,13-14H2,1H3,(H,23,26)/t16-,19-/m1/s1. The van der Waals surface area contributed by atoms with Crippen molar-refractivity contribution in [2.45, 2.75) is 35.6 Å². The van der Waals surface area contributed by atoms with Gasteiger partial charge in [0.1, 0.15) is 0 Å². The Morgan fingerprint density at radius 2 is 1.85 bits per heavy atom. The molecule has 0 aliphatic carbocycles. The van der Waals surface area contributed by atoms with Crippen LogP contribution in [-0.2, 0) is 0 Å². The third kappa shape index (κ3) is 4.42. The van der Waals surface area contributed by atoms with Crippen molar-refractivity contribution in [3.63, 3.8) is 0 Å². The quantitative estimate of drug-likeness (QED) is 0.800. The zero-order chi connectivity index (χ0) is 18.8. The maximum absolute atomic E-state index is 12.6. The number of piperidine rings is 1. The third-order valence-corrected chi connectivity index (χ3v) is 6.39. The van der Waals surface area contributed by atoms with E-state index in [0.29, 0.717) is 11.1 Å². The van der Waals surface area contributed by atoms with Gasteiger partial charge >= 0.3 is 0 Å². The lowest BCUT2D eigenvalue weighted by Crippen LogP contribution is -2.47. The van der Waals surface area contributed by atoms with Gasteiger partial charge in [0, 0.05) is 40.0 Å². The van der Waals surface area contributed by atoms with Crippen LogP contribution in [0.1, 0.15) is 40.5 Å². The fraction of sp³-hybridized carbons (Fsp3) is 0.364. The minimum atomic E-state index is 0.0117. The lowest BCUT2D eigenvalue weighted by atomic mass is 9.96. The van der Waals surface area contributed by atoms with Crippen molar-refractivity contribution >= 4 is 23.5 Å². The molecule has 0 radical (unpaired) electrons. The Morgan fingerprint density at radius 1 is 1.04 bits per heavy atom. The molecule has 2 aromatic carbocycles. The molecule has 3 atom stereocenters. The molecule has 2 aromatic rings. The van der Waals surface area contributed by atoms with Gasteiger partial charge in [-0.15, -0.1) is 0 Å². The Morgan fingerprint density at radius 3 is 2.59 bits per heavy atom. The van der Waals surface area contributed by atoms with E-state index >= 15 is 0 Å². The SMILES string of the molecule is CC(=O)c1cccc(Sc2ccc(C(=O)N[C@@H]3C[C@H]4CCN(C4)C3)cc2)c1. The van der Waals surface area contributed by atoms with Crippen LogP contribution in [0.15, 0.2) is 58.3 Å². The first kappa shape index (κ1) is 18.3. The summed E-state index contributed by atoms with van der Waals surface area (Å²) in [5.41, 5.74) is 1.41. The number of carbonyl (C=O) groups is 2. The number of nitrogens with zero attached hydrogens (tertiary/aromatic N) is 1. The van der Waals surface area contributed by atoms with Crippen LogP contribution in [0.3, 0.4) is 0 Å². The van der Waals surface area contributed by atoms with E-state index < -0.39 is 0 Å². The normalized spacial score (nSPS) is 23.8. The summed E-state index contributed by atoms with van der Waals surface area (Å²) in [4.78, 5) is 28.6. The molecule has 2 fully saturated rings. The summed E-state index contributed by atoms with van der Waals surface area (Å²) in [6.07, 6.45) is 2.37. The predicted octanol–water partition coefficient (Wildman–Crippen LogP) is 3.86. The largest absolute Gasteiger partial charge is 0.348 e. The summed E-state index contributed by atoms with van der Waals surface area (Å²) in [6, 6.07) is 15.6. The zero-order valence-electron chi connectivity index (χ0n) is 15.5. The van der Waals surface area contributed by atoms with E-state index in [1.54, 1.807) is 18.7 Å². The van der Waals surface area contributed by atoms with E-state index in [0.717, 1.165) is 28.7 Å². The van der Waals surface area contributed by atoms with Gasteiger partial charge in [0.05, 0.1) is 0 Å². The van der Waals surface area contributed by atoms with Crippen molar-refractivity contribution in [2.75, 3.05) is 19.6 Å². The van der Waals surface area contributed by atoms with Crippen LogP contribution in [0.5, 0.6) is 0 Å². The van der Waals surface area contributed by atoms with Crippen LogP contribution in [0.2, 0.25) is 0 Å². The Bertz CT molecular complexity index is 838. The molecule has 2 aliphatic heterocycles. The van der Waals surface area contributed by atoms with Crippen LogP contribution < -0.4 is 5.32 Å². The van der Waals surface area contributed by atoms with Gasteiger partial charge in [-0.25, -0.2) is 0 Å². The van der Waals surface area contributed by atoms with Gasteiger partial charge in [-0.1, -0.05) is 23.9 Å². The highest BCUT2D eigenvalue weighted by Crippen LogP contribution is 2.29. The van der Waals surface area contributed by atoms with E-state index in [1.165, 1.54) is 19.5 Å². The van der Waals surface area contributed by atoms with Gasteiger partial charge in [0.2, 0.25) is 0 Å². The van der Waals surface area contributed by atoms with E-state index in [2.05, 4.69) is 10.2 Å². The summed E-state index contributed by atoms with van der Waals surface area (Å²) < 4.78 is 0. The van der Waals surface area contributed by atoms with Gasteiger partial charge in [-0.2, -0.15) is 0 Å². The summed E-state index contributed by atoms with van der Waals surface area (Å²) in [5.74, 6) is 0.822. The monoisotopic (exact) mass is 380 g/mol. The molecule has 140 valence electrons. The molecule has 0 saturated carbocycles. The number of nitrogens with one attached hydrogen (secondary N) is 1. The second-order valence-corrected chi connectivity index (χ2v) is 8.68. The van der Waals surface area contributed by atoms with E-state index in [-0.39, 0.29) is 17.7 Å². The van der Waals surface area contributed by atoms with Crippen LogP contribution in [-0.4, -0.2) is 42.3 Å². The second-order valence-electron chi connectivity index (χ2n) is 7.53. The first-order chi connectivity index (χ1) is 13.1. The summed E-state index contributed by atoms with van der Waals surface area (Å²) >= 11 is 1.59. The Kier molecular flexibility index (Phi) is 5.32. The van der Waals surface area contributed by atoms with Crippen molar-refractivity contribution < 1.29 is 9.59 Å². The smallest absolute Gasteiger partial charge is 0.251 e. The Balaban J connectivity index is 1.37. The van der Waals surface area contributed by atoms with Crippen LogP contribution in [0.4, 0.5) is 0 Å². The van der Waals surface area contributed by atoms with Gasteiger partial charge in [0.15, 0.2) is 5.78 Å². The molecule has 27 heavy (non-hydrogen) atoms. The van der Waals surface area contributed by atoms with Gasteiger partial charge < -0.3 is 10.2 Å². The van der Waals surface area contributed by atoms with Gasteiger partial charge in [-0.05, 0) is 68.6 Å². The topological polar surface area (TPSA) is 49.4 Å². The van der Waals surface area contributed by atoms with Crippen molar-refractivity contribution in [1.82, 2.24) is 10.2 Å². The number of carbonyl (C=O) groups excluding carboxylic acids is 2. The van der Waals surface area contributed by atoms with Crippen LogP contribution >= 0.6 is 11.8 Å². The van der Waals surface area contributed by atoms with Crippen LogP contribution in [0.25, 0.3) is 0 Å². The van der Waals surface area contributed by atoms with Crippen molar-refractivity contribution in [3.05, 3.63) is 59.7 Å². The molecular weight excluding hydrogens is 356 g/mol. The number of ketones is 1. The molecule has 0 spiro atoms. The number of amides is 1. The number of rotatable bonds is 5. The molecule has 5 heteroatoms. The minimum absolute atomic E-state index is 0.0117. The van der Waals surface area contributed by atoms with Crippen molar-refractivity contribution in [2.24, 2.45) is 5.92 Å². The van der Waals surface area contributed by atoms with Gasteiger partial charge in [0.25, 0.3) is 5.91 Å². The lowest BCUT2D eigenvalue weighted by molar-refractivity contribution is 0.0908. The fourth-order valence-electron chi connectivity index (χ4n) is 4.02. The maximum atomic E-state index is 12.6. The minimum Gasteiger partial charge on any atom is -0.348 e. The van der Waals surface area contributed by atoms with Gasteiger partial charge in [-0.3, -0.25) is 9.59 Å². The molecular formula is C22H24N2O2S. The molecule has 0 aromatic heterocycles. The first-order valence-electron chi connectivity index (χ1n) is 9.49. The van der Waals surface area contributed by atoms with Crippen molar-refractivity contribution in [1.29, 1.82) is 0 Å². The van der Waals surface area contributed by atoms with E-state index in [1.807, 2.05) is 48.5 Å². The molecule has 1 unspecified atom stereocenters. The number of benzene rings is 2. The fourth-order valence-corrected chi connectivity index (χ4v) is 4.90. The van der Waals surface area contributed by atoms with Crippen molar-refractivity contribution in [3.8, 4) is 0 Å². The van der Waals surface area contributed by atoms with E-state index in [9.17, 15) is 9.59 Å². The highest BCUT2D eigenvalue weighted by Gasteiger charge is 2.32. The maximum Gasteiger partial charge on any atom is 0.251 e. The average Bonchev–Trinajstić information content (AvgIpc) is 3.01. The number of Topliss-reactive ketones (excluding diaryl/α,β-unsaturated/α-hetero) is 1. The Hall–Kier alpha value is -2.11. The molecule has 1 amide bonds. The lowest BCUT2D eigenvalue weighted by Gasteiger charge is -2.30. The summed E-state index contributed by atoms with van der Waals surface area (Å²) in [6.45, 7) is 4.92. The summed E-state index contributed by atoms with van der Waals surface area (Å²) in [5, 5.41) is 3.20. The predicted molar refractivity (Wildman–Crippen MR) is 107 cm³/mol. The number of hydrogen-bond acceptors (Lipinski definition) is 4. The molecule has 1 N–H and O–H groups in total. The molecule has 4 nitrogen and oxygen atoms in total. The molecule has 4 rings (SSSR count). The Labute approximate surface area is 164 Å². The molecule has 2 bridgehead atoms. The number of hydrogen-bond donors (Lipinski definition) is 1. The first-order valence-corrected chi connectivity index (χ1v) is 10.3. The third-order valence-electron chi connectivity index (χ3n) is 5.39. The average molecular weight is 381 g/mol. The highest BCUT2D eigenvalue weighted by atomic mass is 32.2. The number of fused-ring (bicyclic) bond motifs is 2. The molecule has 2 heterocycles. The molecule has 2 aliphatic rings. The molecule has 2 saturated heterocycles. The highest BCUT2D eigenvalue weighted by molar-refractivity contribution is 7.99. The van der Waals surface area contributed by atoms with Crippen LogP contribution in [0, 0.1) is 5.92 Å². The second kappa shape index (κ2) is 7.87. The van der Waals surface area contributed by atoms with E-state index in [4.69, 9.17) is 0 Å².